The van der Waals surface area contributed by atoms with Gasteiger partial charge in [0.25, 0.3) is 0 Å². The lowest BCUT2D eigenvalue weighted by molar-refractivity contribution is 0.249. The van der Waals surface area contributed by atoms with Gasteiger partial charge in [-0.2, -0.15) is 0 Å². The van der Waals surface area contributed by atoms with Gasteiger partial charge in [0.05, 0.1) is 0 Å². The van der Waals surface area contributed by atoms with Crippen LogP contribution < -0.4 is 5.32 Å². The first kappa shape index (κ1) is 14.4. The number of nitrogens with zero attached hydrogens (tertiary/aromatic N) is 1. The van der Waals surface area contributed by atoms with Crippen molar-refractivity contribution in [2.24, 2.45) is 0 Å². The van der Waals surface area contributed by atoms with E-state index in [1.54, 1.807) is 6.07 Å². The summed E-state index contributed by atoms with van der Waals surface area (Å²) in [7, 11) is 2.14. The van der Waals surface area contributed by atoms with Gasteiger partial charge in [0.1, 0.15) is 5.82 Å². The SMILES string of the molecule is Cc1cc(CN(C)C2CCNC2)ccc1F.Cl. The fraction of sp³-hybridized carbons (Fsp3) is 0.538. The second-order valence-corrected chi connectivity index (χ2v) is 4.65. The number of hydrogen-bond acceptors (Lipinski definition) is 2. The minimum atomic E-state index is -0.117. The lowest BCUT2D eigenvalue weighted by Crippen LogP contribution is -2.32. The molecule has 1 aliphatic heterocycles. The third-order valence-electron chi connectivity index (χ3n) is 3.31. The standard InChI is InChI=1S/C13H19FN2.ClH/c1-10-7-11(3-4-13(10)14)9-16(2)12-5-6-15-8-12;/h3-4,7,12,15H,5-6,8-9H2,1-2H3;1H. The Labute approximate surface area is 109 Å². The molecule has 1 aromatic carbocycles. The van der Waals surface area contributed by atoms with E-state index >= 15 is 0 Å². The number of hydrogen-bond donors (Lipinski definition) is 1. The Morgan fingerprint density at radius 1 is 1.47 bits per heavy atom. The van der Waals surface area contributed by atoms with E-state index in [0.717, 1.165) is 25.2 Å². The summed E-state index contributed by atoms with van der Waals surface area (Å²) >= 11 is 0. The molecular weight excluding hydrogens is 239 g/mol. The van der Waals surface area contributed by atoms with Crippen LogP contribution >= 0.6 is 12.4 Å². The summed E-state index contributed by atoms with van der Waals surface area (Å²) < 4.78 is 13.1. The van der Waals surface area contributed by atoms with Gasteiger partial charge >= 0.3 is 0 Å². The minimum absolute atomic E-state index is 0. The van der Waals surface area contributed by atoms with Gasteiger partial charge in [-0.3, -0.25) is 4.90 Å². The molecule has 0 amide bonds. The molecule has 1 heterocycles. The third kappa shape index (κ3) is 3.66. The Morgan fingerprint density at radius 3 is 2.82 bits per heavy atom. The van der Waals surface area contributed by atoms with Crippen LogP contribution in [0.1, 0.15) is 17.5 Å². The number of nitrogens with one attached hydrogen (secondary N) is 1. The molecule has 0 aliphatic carbocycles. The van der Waals surface area contributed by atoms with Crippen molar-refractivity contribution in [3.05, 3.63) is 35.1 Å². The normalized spacial score (nSPS) is 19.4. The number of halogens is 2. The van der Waals surface area contributed by atoms with E-state index in [-0.39, 0.29) is 18.2 Å². The van der Waals surface area contributed by atoms with Gasteiger partial charge < -0.3 is 5.32 Å². The largest absolute Gasteiger partial charge is 0.315 e. The average Bonchev–Trinajstić information content (AvgIpc) is 2.77. The lowest BCUT2D eigenvalue weighted by Gasteiger charge is -2.23. The lowest BCUT2D eigenvalue weighted by atomic mass is 10.1. The number of rotatable bonds is 3. The highest BCUT2D eigenvalue weighted by molar-refractivity contribution is 5.85. The molecule has 4 heteroatoms. The fourth-order valence-corrected chi connectivity index (χ4v) is 2.24. The third-order valence-corrected chi connectivity index (χ3v) is 3.31. The van der Waals surface area contributed by atoms with Gasteiger partial charge in [-0.25, -0.2) is 4.39 Å². The Hall–Kier alpha value is -0.640. The molecule has 0 radical (unpaired) electrons. The molecule has 17 heavy (non-hydrogen) atoms. The van der Waals surface area contributed by atoms with E-state index in [1.165, 1.54) is 12.0 Å². The second-order valence-electron chi connectivity index (χ2n) is 4.65. The summed E-state index contributed by atoms with van der Waals surface area (Å²) in [6, 6.07) is 5.99. The monoisotopic (exact) mass is 258 g/mol. The highest BCUT2D eigenvalue weighted by Crippen LogP contribution is 2.14. The highest BCUT2D eigenvalue weighted by Gasteiger charge is 2.18. The molecule has 1 aromatic rings. The molecule has 2 rings (SSSR count). The smallest absolute Gasteiger partial charge is 0.126 e. The van der Waals surface area contributed by atoms with Crippen molar-refractivity contribution < 1.29 is 4.39 Å². The van der Waals surface area contributed by atoms with Crippen molar-refractivity contribution in [1.82, 2.24) is 10.2 Å². The maximum absolute atomic E-state index is 13.1. The summed E-state index contributed by atoms with van der Waals surface area (Å²) in [5.41, 5.74) is 1.92. The molecule has 1 unspecified atom stereocenters. The van der Waals surface area contributed by atoms with Crippen LogP contribution in [-0.2, 0) is 6.54 Å². The molecule has 1 N–H and O–H groups in total. The Kier molecular flexibility index (Phi) is 5.37. The fourth-order valence-electron chi connectivity index (χ4n) is 2.24. The molecule has 96 valence electrons. The van der Waals surface area contributed by atoms with E-state index in [9.17, 15) is 4.39 Å². The van der Waals surface area contributed by atoms with Gasteiger partial charge in [0, 0.05) is 19.1 Å². The number of likely N-dealkylation sites (N-methyl/N-ethyl adjacent to an activating group) is 1. The first-order chi connectivity index (χ1) is 7.66. The molecule has 1 fully saturated rings. The summed E-state index contributed by atoms with van der Waals surface area (Å²) in [6.07, 6.45) is 1.21. The molecule has 1 aliphatic rings. The van der Waals surface area contributed by atoms with E-state index < -0.39 is 0 Å². The van der Waals surface area contributed by atoms with Crippen LogP contribution in [0.4, 0.5) is 4.39 Å². The van der Waals surface area contributed by atoms with Crippen molar-refractivity contribution in [2.45, 2.75) is 25.9 Å². The zero-order chi connectivity index (χ0) is 11.5. The van der Waals surface area contributed by atoms with E-state index in [0.29, 0.717) is 6.04 Å². The second kappa shape index (κ2) is 6.34. The first-order valence-electron chi connectivity index (χ1n) is 5.83. The van der Waals surface area contributed by atoms with E-state index in [1.807, 2.05) is 19.1 Å². The predicted molar refractivity (Wildman–Crippen MR) is 71.1 cm³/mol. The van der Waals surface area contributed by atoms with Crippen molar-refractivity contribution in [3.8, 4) is 0 Å². The highest BCUT2D eigenvalue weighted by atomic mass is 35.5. The van der Waals surface area contributed by atoms with Gasteiger partial charge in [0.15, 0.2) is 0 Å². The zero-order valence-electron chi connectivity index (χ0n) is 10.4. The van der Waals surface area contributed by atoms with Crippen molar-refractivity contribution in [3.63, 3.8) is 0 Å². The molecule has 0 aromatic heterocycles. The van der Waals surface area contributed by atoms with Crippen molar-refractivity contribution >= 4 is 12.4 Å². The van der Waals surface area contributed by atoms with Gasteiger partial charge in [-0.15, -0.1) is 12.4 Å². The Morgan fingerprint density at radius 2 is 2.24 bits per heavy atom. The molecule has 2 nitrogen and oxygen atoms in total. The maximum Gasteiger partial charge on any atom is 0.126 e. The van der Waals surface area contributed by atoms with Crippen LogP contribution in [0.5, 0.6) is 0 Å². The summed E-state index contributed by atoms with van der Waals surface area (Å²) in [5, 5.41) is 3.36. The van der Waals surface area contributed by atoms with Crippen LogP contribution in [-0.4, -0.2) is 31.1 Å². The minimum Gasteiger partial charge on any atom is -0.315 e. The summed E-state index contributed by atoms with van der Waals surface area (Å²) in [5.74, 6) is -0.117. The van der Waals surface area contributed by atoms with Crippen LogP contribution in [0, 0.1) is 12.7 Å². The summed E-state index contributed by atoms with van der Waals surface area (Å²) in [4.78, 5) is 2.34. The van der Waals surface area contributed by atoms with Crippen LogP contribution in [0.2, 0.25) is 0 Å². The first-order valence-corrected chi connectivity index (χ1v) is 5.83. The van der Waals surface area contributed by atoms with Gasteiger partial charge in [-0.05, 0) is 44.1 Å². The Balaban J connectivity index is 0.00000144. The van der Waals surface area contributed by atoms with Gasteiger partial charge in [0.2, 0.25) is 0 Å². The molecule has 1 saturated heterocycles. The Bertz CT molecular complexity index is 364. The average molecular weight is 259 g/mol. The molecule has 1 atom stereocenters. The van der Waals surface area contributed by atoms with Crippen molar-refractivity contribution in [1.29, 1.82) is 0 Å². The topological polar surface area (TPSA) is 15.3 Å². The summed E-state index contributed by atoms with van der Waals surface area (Å²) in [6.45, 7) is 4.89. The molecule has 0 spiro atoms. The zero-order valence-corrected chi connectivity index (χ0v) is 11.2. The quantitative estimate of drug-likeness (QED) is 0.895. The molecular formula is C13H20ClFN2. The number of benzene rings is 1. The molecule has 0 saturated carbocycles. The van der Waals surface area contributed by atoms with Crippen LogP contribution in [0.3, 0.4) is 0 Å². The van der Waals surface area contributed by atoms with Crippen LogP contribution in [0.25, 0.3) is 0 Å². The van der Waals surface area contributed by atoms with E-state index in [4.69, 9.17) is 0 Å². The number of aryl methyl sites for hydroxylation is 1. The van der Waals surface area contributed by atoms with E-state index in [2.05, 4.69) is 17.3 Å². The van der Waals surface area contributed by atoms with Crippen LogP contribution in [0.15, 0.2) is 18.2 Å². The predicted octanol–water partition coefficient (Wildman–Crippen LogP) is 2.35. The maximum atomic E-state index is 13.1. The van der Waals surface area contributed by atoms with Crippen molar-refractivity contribution in [2.75, 3.05) is 20.1 Å². The molecule has 0 bridgehead atoms. The van der Waals surface area contributed by atoms with Gasteiger partial charge in [-0.1, -0.05) is 12.1 Å².